The summed E-state index contributed by atoms with van der Waals surface area (Å²) in [5.41, 5.74) is 2.87. The number of benzene rings is 3. The number of imide groups is 1. The van der Waals surface area contributed by atoms with Crippen molar-refractivity contribution in [3.63, 3.8) is 0 Å². The number of anilines is 1. The summed E-state index contributed by atoms with van der Waals surface area (Å²) in [7, 11) is 0. The molecular formula is C26H20BrFN2O4S. The second-order valence-electron chi connectivity index (χ2n) is 7.78. The van der Waals surface area contributed by atoms with E-state index in [1.54, 1.807) is 30.3 Å². The van der Waals surface area contributed by atoms with Gasteiger partial charge in [0, 0.05) is 15.7 Å². The predicted molar refractivity (Wildman–Crippen MR) is 137 cm³/mol. The first kappa shape index (κ1) is 24.7. The smallest absolute Gasteiger partial charge is 0.293 e. The summed E-state index contributed by atoms with van der Waals surface area (Å²) in [6.45, 7) is 1.74. The van der Waals surface area contributed by atoms with Gasteiger partial charge in [-0.3, -0.25) is 19.3 Å². The highest BCUT2D eigenvalue weighted by Gasteiger charge is 2.35. The summed E-state index contributed by atoms with van der Waals surface area (Å²) in [5, 5.41) is 2.36. The molecule has 0 spiro atoms. The maximum atomic E-state index is 13.2. The fourth-order valence-corrected chi connectivity index (χ4v) is 4.58. The Balaban J connectivity index is 1.47. The van der Waals surface area contributed by atoms with Crippen LogP contribution in [0.25, 0.3) is 6.08 Å². The SMILES string of the molecule is Cc1cccc(NC(=O)COc2ccc(Br)cc2/C=C2\SC(=O)N(Cc3ccc(F)cc3)C2=O)c1. The molecule has 178 valence electrons. The van der Waals surface area contributed by atoms with E-state index in [0.29, 0.717) is 22.6 Å². The summed E-state index contributed by atoms with van der Waals surface area (Å²) < 4.78 is 19.6. The van der Waals surface area contributed by atoms with E-state index >= 15 is 0 Å². The first-order valence-electron chi connectivity index (χ1n) is 10.6. The molecule has 0 atom stereocenters. The Bertz CT molecular complexity index is 1330. The van der Waals surface area contributed by atoms with Crippen molar-refractivity contribution in [3.05, 3.63) is 98.6 Å². The van der Waals surface area contributed by atoms with Crippen LogP contribution in [0.4, 0.5) is 14.9 Å². The molecule has 1 aliphatic rings. The Morgan fingerprint density at radius 1 is 1.11 bits per heavy atom. The Kier molecular flexibility index (Phi) is 7.67. The number of nitrogens with zero attached hydrogens (tertiary/aromatic N) is 1. The van der Waals surface area contributed by atoms with Crippen molar-refractivity contribution in [3.8, 4) is 5.75 Å². The highest BCUT2D eigenvalue weighted by molar-refractivity contribution is 9.10. The van der Waals surface area contributed by atoms with Crippen molar-refractivity contribution >= 4 is 56.5 Å². The van der Waals surface area contributed by atoms with Gasteiger partial charge in [0.15, 0.2) is 6.61 Å². The van der Waals surface area contributed by atoms with Crippen LogP contribution in [0.5, 0.6) is 5.75 Å². The molecule has 1 heterocycles. The third-order valence-corrected chi connectivity index (χ3v) is 6.45. The second-order valence-corrected chi connectivity index (χ2v) is 9.69. The molecule has 0 aliphatic carbocycles. The number of carbonyl (C=O) groups excluding carboxylic acids is 3. The van der Waals surface area contributed by atoms with E-state index in [1.807, 2.05) is 25.1 Å². The zero-order valence-corrected chi connectivity index (χ0v) is 21.0. The van der Waals surface area contributed by atoms with Gasteiger partial charge >= 0.3 is 0 Å². The van der Waals surface area contributed by atoms with E-state index in [9.17, 15) is 18.8 Å². The topological polar surface area (TPSA) is 75.7 Å². The van der Waals surface area contributed by atoms with Crippen LogP contribution in [0.1, 0.15) is 16.7 Å². The largest absolute Gasteiger partial charge is 0.483 e. The predicted octanol–water partition coefficient (Wildman–Crippen LogP) is 6.15. The lowest BCUT2D eigenvalue weighted by Crippen LogP contribution is -2.27. The van der Waals surface area contributed by atoms with E-state index in [0.717, 1.165) is 26.7 Å². The third-order valence-electron chi connectivity index (χ3n) is 5.05. The Hall–Kier alpha value is -3.43. The van der Waals surface area contributed by atoms with Gasteiger partial charge < -0.3 is 10.1 Å². The van der Waals surface area contributed by atoms with Gasteiger partial charge in [0.05, 0.1) is 11.4 Å². The summed E-state index contributed by atoms with van der Waals surface area (Å²) >= 11 is 4.22. The number of aryl methyl sites for hydroxylation is 1. The molecule has 0 aromatic heterocycles. The molecule has 1 fully saturated rings. The standard InChI is InChI=1S/C26H20BrFN2O4S/c1-16-3-2-4-21(11-16)29-24(31)15-34-22-10-7-19(27)12-18(22)13-23-25(32)30(26(33)35-23)14-17-5-8-20(28)9-6-17/h2-13H,14-15H2,1H3,(H,29,31)/b23-13-. The number of rotatable bonds is 7. The van der Waals surface area contributed by atoms with Crippen LogP contribution in [-0.4, -0.2) is 28.6 Å². The lowest BCUT2D eigenvalue weighted by atomic mass is 10.1. The van der Waals surface area contributed by atoms with Crippen LogP contribution in [-0.2, 0) is 16.1 Å². The van der Waals surface area contributed by atoms with Crippen molar-refractivity contribution in [1.82, 2.24) is 4.90 Å². The first-order valence-corrected chi connectivity index (χ1v) is 12.2. The van der Waals surface area contributed by atoms with Gasteiger partial charge in [0.2, 0.25) is 0 Å². The van der Waals surface area contributed by atoms with Gasteiger partial charge in [0.1, 0.15) is 11.6 Å². The van der Waals surface area contributed by atoms with Crippen LogP contribution in [0, 0.1) is 12.7 Å². The maximum absolute atomic E-state index is 13.2. The molecule has 9 heteroatoms. The van der Waals surface area contributed by atoms with Gasteiger partial charge in [-0.15, -0.1) is 0 Å². The molecule has 6 nitrogen and oxygen atoms in total. The number of thioether (sulfide) groups is 1. The average molecular weight is 555 g/mol. The molecule has 3 amide bonds. The number of amides is 3. The molecule has 0 unspecified atom stereocenters. The van der Waals surface area contributed by atoms with E-state index < -0.39 is 17.0 Å². The molecule has 1 saturated heterocycles. The van der Waals surface area contributed by atoms with Crippen LogP contribution < -0.4 is 10.1 Å². The second kappa shape index (κ2) is 10.9. The molecule has 3 aromatic rings. The highest BCUT2D eigenvalue weighted by atomic mass is 79.9. The van der Waals surface area contributed by atoms with Crippen LogP contribution in [0.3, 0.4) is 0 Å². The Morgan fingerprint density at radius 3 is 2.63 bits per heavy atom. The zero-order valence-electron chi connectivity index (χ0n) is 18.6. The minimum atomic E-state index is -0.451. The van der Waals surface area contributed by atoms with Crippen LogP contribution in [0.15, 0.2) is 76.1 Å². The molecule has 4 rings (SSSR count). The van der Waals surface area contributed by atoms with Gasteiger partial charge in [-0.25, -0.2) is 4.39 Å². The van der Waals surface area contributed by atoms with Crippen molar-refractivity contribution in [2.24, 2.45) is 0 Å². The summed E-state index contributed by atoms with van der Waals surface area (Å²) in [6.07, 6.45) is 1.56. The fourth-order valence-electron chi connectivity index (χ4n) is 3.38. The highest BCUT2D eigenvalue weighted by Crippen LogP contribution is 2.35. The van der Waals surface area contributed by atoms with E-state index in [1.165, 1.54) is 24.3 Å². The normalized spacial score (nSPS) is 14.5. The molecule has 1 N–H and O–H groups in total. The molecule has 1 aliphatic heterocycles. The molecule has 35 heavy (non-hydrogen) atoms. The number of carbonyl (C=O) groups is 3. The number of ether oxygens (including phenoxy) is 1. The summed E-state index contributed by atoms with van der Waals surface area (Å²) in [4.78, 5) is 39.1. The quantitative estimate of drug-likeness (QED) is 0.354. The van der Waals surface area contributed by atoms with Gasteiger partial charge in [-0.1, -0.05) is 40.2 Å². The van der Waals surface area contributed by atoms with Crippen LogP contribution in [0.2, 0.25) is 0 Å². The molecular weight excluding hydrogens is 535 g/mol. The van der Waals surface area contributed by atoms with Crippen LogP contribution >= 0.6 is 27.7 Å². The molecule has 0 saturated carbocycles. The van der Waals surface area contributed by atoms with Gasteiger partial charge in [-0.05, 0) is 78.4 Å². The van der Waals surface area contributed by atoms with E-state index in [-0.39, 0.29) is 24.0 Å². The number of nitrogens with one attached hydrogen (secondary N) is 1. The van der Waals surface area contributed by atoms with Crippen molar-refractivity contribution in [1.29, 1.82) is 0 Å². The number of hydrogen-bond donors (Lipinski definition) is 1. The lowest BCUT2D eigenvalue weighted by molar-refractivity contribution is -0.123. The van der Waals surface area contributed by atoms with Gasteiger partial charge in [0.25, 0.3) is 17.1 Å². The lowest BCUT2D eigenvalue weighted by Gasteiger charge is -2.12. The van der Waals surface area contributed by atoms with E-state index in [4.69, 9.17) is 4.74 Å². The minimum Gasteiger partial charge on any atom is -0.483 e. The van der Waals surface area contributed by atoms with Crippen molar-refractivity contribution in [2.45, 2.75) is 13.5 Å². The zero-order chi connectivity index (χ0) is 24.9. The van der Waals surface area contributed by atoms with Crippen molar-refractivity contribution in [2.75, 3.05) is 11.9 Å². The summed E-state index contributed by atoms with van der Waals surface area (Å²) in [6, 6.07) is 18.2. The minimum absolute atomic E-state index is 0.0449. The van der Waals surface area contributed by atoms with Crippen molar-refractivity contribution < 1.29 is 23.5 Å². The third kappa shape index (κ3) is 6.37. The molecule has 0 bridgehead atoms. The summed E-state index contributed by atoms with van der Waals surface area (Å²) in [5.74, 6) is -0.785. The first-order chi connectivity index (χ1) is 16.8. The molecule has 3 aromatic carbocycles. The van der Waals surface area contributed by atoms with E-state index in [2.05, 4.69) is 21.2 Å². The monoisotopic (exact) mass is 554 g/mol. The Labute approximate surface area is 214 Å². The Morgan fingerprint density at radius 2 is 1.89 bits per heavy atom. The number of halogens is 2. The molecule has 0 radical (unpaired) electrons. The average Bonchev–Trinajstić information content (AvgIpc) is 3.07. The van der Waals surface area contributed by atoms with Gasteiger partial charge in [-0.2, -0.15) is 0 Å². The fraction of sp³-hybridized carbons (Fsp3) is 0.115. The maximum Gasteiger partial charge on any atom is 0.293 e. The number of hydrogen-bond acceptors (Lipinski definition) is 5.